The second-order valence-corrected chi connectivity index (χ2v) is 8.43. The van der Waals surface area contributed by atoms with Gasteiger partial charge in [0.15, 0.2) is 5.79 Å². The smallest absolute Gasteiger partial charge is 0.410 e. The minimum absolute atomic E-state index is 0.0674. The predicted molar refractivity (Wildman–Crippen MR) is 90.6 cm³/mol. The number of ether oxygens (including phenoxy) is 3. The van der Waals surface area contributed by atoms with E-state index in [4.69, 9.17) is 14.2 Å². The molecule has 2 saturated heterocycles. The average molecular weight is 343 g/mol. The largest absolute Gasteiger partial charge is 0.444 e. The SMILES string of the molecule is C[C@@H]1C[C@@H](C)[C@H](CC2(C)OCCO2)N(C(=O)OC(C)(C)C)[C@H]1CO. The third-order valence-electron chi connectivity index (χ3n) is 5.04. The number of piperidine rings is 1. The highest BCUT2D eigenvalue weighted by Crippen LogP contribution is 2.38. The molecule has 6 nitrogen and oxygen atoms in total. The van der Waals surface area contributed by atoms with Gasteiger partial charge in [-0.25, -0.2) is 4.79 Å². The monoisotopic (exact) mass is 343 g/mol. The molecule has 2 heterocycles. The highest BCUT2D eigenvalue weighted by atomic mass is 16.7. The fraction of sp³-hybridized carbons (Fsp3) is 0.944. The zero-order valence-electron chi connectivity index (χ0n) is 15.9. The van der Waals surface area contributed by atoms with Gasteiger partial charge < -0.3 is 19.3 Å². The Labute approximate surface area is 145 Å². The standard InChI is InChI=1S/C18H33NO5/c1-12-9-13(2)15(11-20)19(16(21)24-17(3,4)5)14(12)10-18(6)22-7-8-23-18/h12-15,20H,7-11H2,1-6H3/t12-,13-,14+,15+/m1/s1. The Morgan fingerprint density at radius 1 is 1.21 bits per heavy atom. The van der Waals surface area contributed by atoms with Gasteiger partial charge in [-0.2, -0.15) is 0 Å². The van der Waals surface area contributed by atoms with Crippen molar-refractivity contribution < 1.29 is 24.1 Å². The summed E-state index contributed by atoms with van der Waals surface area (Å²) < 4.78 is 17.1. The Balaban J connectivity index is 2.26. The van der Waals surface area contributed by atoms with Crippen LogP contribution in [0.5, 0.6) is 0 Å². The van der Waals surface area contributed by atoms with Crippen LogP contribution in [-0.4, -0.2) is 59.4 Å². The van der Waals surface area contributed by atoms with Crippen LogP contribution in [0.4, 0.5) is 4.79 Å². The molecule has 0 aromatic heterocycles. The van der Waals surface area contributed by atoms with Crippen LogP contribution in [0.25, 0.3) is 0 Å². The number of likely N-dealkylation sites (tertiary alicyclic amines) is 1. The molecule has 2 aliphatic rings. The number of nitrogens with zero attached hydrogens (tertiary/aromatic N) is 1. The first-order chi connectivity index (χ1) is 11.1. The minimum Gasteiger partial charge on any atom is -0.444 e. The van der Waals surface area contributed by atoms with Crippen LogP contribution in [0.3, 0.4) is 0 Å². The molecule has 0 unspecified atom stereocenters. The lowest BCUT2D eigenvalue weighted by atomic mass is 9.78. The van der Waals surface area contributed by atoms with Crippen LogP contribution >= 0.6 is 0 Å². The van der Waals surface area contributed by atoms with Gasteiger partial charge >= 0.3 is 6.09 Å². The summed E-state index contributed by atoms with van der Waals surface area (Å²) in [5.74, 6) is -0.188. The Morgan fingerprint density at radius 2 is 1.75 bits per heavy atom. The van der Waals surface area contributed by atoms with Crippen molar-refractivity contribution in [1.29, 1.82) is 0 Å². The molecule has 0 aliphatic carbocycles. The number of carbonyl (C=O) groups is 1. The molecule has 0 bridgehead atoms. The third kappa shape index (κ3) is 4.41. The minimum atomic E-state index is -0.681. The highest BCUT2D eigenvalue weighted by Gasteiger charge is 2.47. The molecule has 0 spiro atoms. The molecule has 1 N–H and O–H groups in total. The first kappa shape index (κ1) is 19.5. The van der Waals surface area contributed by atoms with Crippen molar-refractivity contribution in [2.24, 2.45) is 11.8 Å². The van der Waals surface area contributed by atoms with Crippen molar-refractivity contribution in [3.8, 4) is 0 Å². The van der Waals surface area contributed by atoms with E-state index in [2.05, 4.69) is 13.8 Å². The van der Waals surface area contributed by atoms with Gasteiger partial charge in [0.05, 0.1) is 25.9 Å². The summed E-state index contributed by atoms with van der Waals surface area (Å²) in [6.07, 6.45) is 1.16. The maximum absolute atomic E-state index is 12.9. The van der Waals surface area contributed by atoms with E-state index in [-0.39, 0.29) is 36.6 Å². The van der Waals surface area contributed by atoms with E-state index in [0.29, 0.717) is 19.6 Å². The number of amides is 1. The molecule has 0 saturated carbocycles. The van der Waals surface area contributed by atoms with Crippen molar-refractivity contribution in [2.75, 3.05) is 19.8 Å². The third-order valence-corrected chi connectivity index (χ3v) is 5.04. The Hall–Kier alpha value is -0.850. The lowest BCUT2D eigenvalue weighted by molar-refractivity contribution is -0.168. The van der Waals surface area contributed by atoms with Crippen LogP contribution in [0.1, 0.15) is 54.4 Å². The van der Waals surface area contributed by atoms with Crippen LogP contribution in [0.2, 0.25) is 0 Å². The fourth-order valence-electron chi connectivity index (χ4n) is 3.90. The molecular formula is C18H33NO5. The summed E-state index contributed by atoms with van der Waals surface area (Å²) in [7, 11) is 0. The molecule has 0 aromatic rings. The molecule has 0 radical (unpaired) electrons. The summed E-state index contributed by atoms with van der Waals surface area (Å²) in [6.45, 7) is 12.8. The van der Waals surface area contributed by atoms with Gasteiger partial charge in [0.1, 0.15) is 5.60 Å². The predicted octanol–water partition coefficient (Wildman–Crippen LogP) is 2.78. The van der Waals surface area contributed by atoms with Crippen molar-refractivity contribution in [3.05, 3.63) is 0 Å². The fourth-order valence-corrected chi connectivity index (χ4v) is 3.90. The molecule has 2 rings (SSSR count). The summed E-state index contributed by atoms with van der Waals surface area (Å²) in [5.41, 5.74) is -0.574. The zero-order valence-corrected chi connectivity index (χ0v) is 15.9. The molecule has 2 fully saturated rings. The maximum atomic E-state index is 12.9. The van der Waals surface area contributed by atoms with Gasteiger partial charge in [0, 0.05) is 12.5 Å². The van der Waals surface area contributed by atoms with E-state index in [1.165, 1.54) is 0 Å². The maximum Gasteiger partial charge on any atom is 0.410 e. The molecule has 0 aromatic carbocycles. The second-order valence-electron chi connectivity index (χ2n) is 8.43. The van der Waals surface area contributed by atoms with Crippen LogP contribution in [0.15, 0.2) is 0 Å². The molecular weight excluding hydrogens is 310 g/mol. The normalized spacial score (nSPS) is 33.5. The van der Waals surface area contributed by atoms with E-state index < -0.39 is 11.4 Å². The average Bonchev–Trinajstić information content (AvgIpc) is 2.86. The molecule has 6 heteroatoms. The van der Waals surface area contributed by atoms with Gasteiger partial charge in [-0.1, -0.05) is 13.8 Å². The number of aliphatic hydroxyl groups is 1. The van der Waals surface area contributed by atoms with Gasteiger partial charge in [-0.05, 0) is 46.0 Å². The van der Waals surface area contributed by atoms with E-state index in [1.807, 2.05) is 27.7 Å². The van der Waals surface area contributed by atoms with E-state index in [0.717, 1.165) is 6.42 Å². The molecule has 140 valence electrons. The summed E-state index contributed by atoms with van der Waals surface area (Å²) >= 11 is 0. The zero-order chi connectivity index (χ0) is 18.1. The molecule has 4 atom stereocenters. The van der Waals surface area contributed by atoms with Gasteiger partial charge in [-0.15, -0.1) is 0 Å². The number of carbonyl (C=O) groups excluding carboxylic acids is 1. The topological polar surface area (TPSA) is 68.2 Å². The Bertz CT molecular complexity index is 441. The van der Waals surface area contributed by atoms with Crippen molar-refractivity contribution >= 4 is 6.09 Å². The summed E-state index contributed by atoms with van der Waals surface area (Å²) in [4.78, 5) is 14.6. The van der Waals surface area contributed by atoms with Crippen molar-refractivity contribution in [1.82, 2.24) is 4.90 Å². The van der Waals surface area contributed by atoms with Crippen LogP contribution in [0, 0.1) is 11.8 Å². The van der Waals surface area contributed by atoms with Gasteiger partial charge in [0.25, 0.3) is 0 Å². The summed E-state index contributed by atoms with van der Waals surface area (Å²) in [6, 6.07) is -0.331. The Kier molecular flexibility index (Phi) is 5.83. The quantitative estimate of drug-likeness (QED) is 0.853. The lowest BCUT2D eigenvalue weighted by Crippen LogP contribution is -2.60. The number of hydrogen-bond acceptors (Lipinski definition) is 5. The van der Waals surface area contributed by atoms with Crippen molar-refractivity contribution in [3.63, 3.8) is 0 Å². The molecule has 24 heavy (non-hydrogen) atoms. The van der Waals surface area contributed by atoms with E-state index in [9.17, 15) is 9.90 Å². The first-order valence-corrected chi connectivity index (χ1v) is 8.96. The molecule has 2 aliphatic heterocycles. The van der Waals surface area contributed by atoms with Crippen LogP contribution < -0.4 is 0 Å². The second kappa shape index (κ2) is 7.18. The molecule has 1 amide bonds. The lowest BCUT2D eigenvalue weighted by Gasteiger charge is -2.49. The summed E-state index contributed by atoms with van der Waals surface area (Å²) in [5, 5.41) is 9.90. The van der Waals surface area contributed by atoms with Crippen LogP contribution in [-0.2, 0) is 14.2 Å². The first-order valence-electron chi connectivity index (χ1n) is 8.96. The van der Waals surface area contributed by atoms with Crippen molar-refractivity contribution in [2.45, 2.75) is 77.9 Å². The Morgan fingerprint density at radius 3 is 2.25 bits per heavy atom. The number of aliphatic hydroxyl groups excluding tert-OH is 1. The van der Waals surface area contributed by atoms with E-state index >= 15 is 0 Å². The number of rotatable bonds is 3. The van der Waals surface area contributed by atoms with Gasteiger partial charge in [-0.3, -0.25) is 4.90 Å². The van der Waals surface area contributed by atoms with E-state index in [1.54, 1.807) is 4.90 Å². The number of hydrogen-bond donors (Lipinski definition) is 1. The highest BCUT2D eigenvalue weighted by molar-refractivity contribution is 5.69. The van der Waals surface area contributed by atoms with Gasteiger partial charge in [0.2, 0.25) is 0 Å².